The number of anilines is 1. The summed E-state index contributed by atoms with van der Waals surface area (Å²) in [7, 11) is 0. The van der Waals surface area contributed by atoms with E-state index >= 15 is 0 Å². The van der Waals surface area contributed by atoms with Gasteiger partial charge in [-0.05, 0) is 17.7 Å². The second kappa shape index (κ2) is 7.92. The number of nitriles is 1. The van der Waals surface area contributed by atoms with E-state index in [1.165, 1.54) is 12.1 Å². The lowest BCUT2D eigenvalue weighted by Crippen LogP contribution is -2.33. The fourth-order valence-electron chi connectivity index (χ4n) is 2.05. The minimum Gasteiger partial charge on any atom is -0.382 e. The van der Waals surface area contributed by atoms with Gasteiger partial charge in [-0.25, -0.2) is 4.39 Å². The number of aliphatic hydroxyl groups is 1. The van der Waals surface area contributed by atoms with Gasteiger partial charge >= 0.3 is 0 Å². The van der Waals surface area contributed by atoms with Crippen LogP contribution >= 0.6 is 0 Å². The molecule has 0 saturated carbocycles. The quantitative estimate of drug-likeness (QED) is 0.712. The van der Waals surface area contributed by atoms with Gasteiger partial charge < -0.3 is 15.7 Å². The van der Waals surface area contributed by atoms with Gasteiger partial charge in [0.2, 0.25) is 0 Å². The van der Waals surface area contributed by atoms with Crippen LogP contribution in [0.15, 0.2) is 48.5 Å². The van der Waals surface area contributed by atoms with Crippen LogP contribution in [0.5, 0.6) is 0 Å². The first-order valence-corrected chi connectivity index (χ1v) is 7.06. The van der Waals surface area contributed by atoms with Crippen molar-refractivity contribution in [1.29, 1.82) is 5.26 Å². The van der Waals surface area contributed by atoms with Gasteiger partial charge in [0.05, 0.1) is 5.69 Å². The Hall–Kier alpha value is -2.91. The van der Waals surface area contributed by atoms with Crippen LogP contribution < -0.4 is 10.6 Å². The molecule has 0 unspecified atom stereocenters. The molecular formula is C17H16FN3O2. The van der Waals surface area contributed by atoms with Crippen LogP contribution in [-0.2, 0) is 4.79 Å². The van der Waals surface area contributed by atoms with Crippen molar-refractivity contribution in [2.75, 3.05) is 18.4 Å². The molecule has 0 fully saturated rings. The molecule has 3 N–H and O–H groups in total. The lowest BCUT2D eigenvalue weighted by atomic mass is 10.1. The summed E-state index contributed by atoms with van der Waals surface area (Å²) in [6.07, 6.45) is -1.24. The third kappa shape index (κ3) is 4.28. The van der Waals surface area contributed by atoms with Gasteiger partial charge in [0, 0.05) is 13.1 Å². The summed E-state index contributed by atoms with van der Waals surface area (Å²) < 4.78 is 13.4. The summed E-state index contributed by atoms with van der Waals surface area (Å²) >= 11 is 0. The maximum absolute atomic E-state index is 13.4. The third-order valence-electron chi connectivity index (χ3n) is 3.23. The Labute approximate surface area is 133 Å². The first-order valence-electron chi connectivity index (χ1n) is 7.06. The van der Waals surface area contributed by atoms with Crippen molar-refractivity contribution in [3.05, 3.63) is 65.5 Å². The Morgan fingerprint density at radius 2 is 1.91 bits per heavy atom. The van der Waals surface area contributed by atoms with Crippen molar-refractivity contribution in [2.45, 2.75) is 6.10 Å². The standard InChI is InChI=1S/C17H16FN3O2/c18-14-7-4-8-15(13(14)11-19)20-9-10-21-17(23)16(22)12-5-2-1-3-6-12/h1-8,16,20,22H,9-10H2,(H,21,23)/t16-/m1/s1. The Kier molecular flexibility index (Phi) is 5.67. The highest BCUT2D eigenvalue weighted by Gasteiger charge is 2.16. The maximum Gasteiger partial charge on any atom is 0.253 e. The monoisotopic (exact) mass is 313 g/mol. The molecule has 0 aliphatic heterocycles. The van der Waals surface area contributed by atoms with Crippen LogP contribution in [0.3, 0.4) is 0 Å². The molecule has 6 heteroatoms. The van der Waals surface area contributed by atoms with E-state index in [1.54, 1.807) is 42.5 Å². The fourth-order valence-corrected chi connectivity index (χ4v) is 2.05. The van der Waals surface area contributed by atoms with Gasteiger partial charge in [0.25, 0.3) is 5.91 Å². The highest BCUT2D eigenvalue weighted by molar-refractivity contribution is 5.81. The van der Waals surface area contributed by atoms with Crippen molar-refractivity contribution in [2.24, 2.45) is 0 Å². The summed E-state index contributed by atoms with van der Waals surface area (Å²) in [6.45, 7) is 0.523. The molecule has 118 valence electrons. The number of nitrogens with zero attached hydrogens (tertiary/aromatic N) is 1. The SMILES string of the molecule is N#Cc1c(F)cccc1NCCNC(=O)[C@H](O)c1ccccc1. The molecule has 0 bridgehead atoms. The number of aliphatic hydroxyl groups excluding tert-OH is 1. The van der Waals surface area contributed by atoms with Crippen molar-refractivity contribution in [3.8, 4) is 6.07 Å². The Balaban J connectivity index is 1.83. The van der Waals surface area contributed by atoms with Crippen LogP contribution in [-0.4, -0.2) is 24.1 Å². The molecule has 0 aliphatic carbocycles. The molecule has 2 aromatic rings. The van der Waals surface area contributed by atoms with E-state index in [4.69, 9.17) is 5.26 Å². The topological polar surface area (TPSA) is 85.2 Å². The summed E-state index contributed by atoms with van der Waals surface area (Å²) in [5, 5.41) is 24.3. The minimum atomic E-state index is -1.24. The second-order valence-electron chi connectivity index (χ2n) is 4.81. The molecule has 0 saturated heterocycles. The molecule has 2 rings (SSSR count). The summed E-state index contributed by atoms with van der Waals surface area (Å²) in [5.41, 5.74) is 0.809. The molecule has 0 spiro atoms. The molecule has 0 aromatic heterocycles. The van der Waals surface area contributed by atoms with E-state index in [9.17, 15) is 14.3 Å². The molecule has 1 atom stereocenters. The number of benzene rings is 2. The lowest BCUT2D eigenvalue weighted by Gasteiger charge is -2.13. The van der Waals surface area contributed by atoms with Crippen LogP contribution in [0.25, 0.3) is 0 Å². The van der Waals surface area contributed by atoms with E-state index in [0.717, 1.165) is 0 Å². The minimum absolute atomic E-state index is 0.0665. The predicted octanol–water partition coefficient (Wildman–Crippen LogP) is 1.96. The van der Waals surface area contributed by atoms with Gasteiger partial charge in [-0.2, -0.15) is 5.26 Å². The van der Waals surface area contributed by atoms with Crippen LogP contribution in [0.2, 0.25) is 0 Å². The number of hydrogen-bond donors (Lipinski definition) is 3. The molecule has 1 amide bonds. The fraction of sp³-hybridized carbons (Fsp3) is 0.176. The number of halogens is 1. The Bertz CT molecular complexity index is 714. The smallest absolute Gasteiger partial charge is 0.253 e. The van der Waals surface area contributed by atoms with Crippen molar-refractivity contribution >= 4 is 11.6 Å². The number of carbonyl (C=O) groups excluding carboxylic acids is 1. The van der Waals surface area contributed by atoms with Gasteiger partial charge in [-0.3, -0.25) is 4.79 Å². The molecule has 0 radical (unpaired) electrons. The van der Waals surface area contributed by atoms with Crippen molar-refractivity contribution in [3.63, 3.8) is 0 Å². The van der Waals surface area contributed by atoms with Gasteiger partial charge in [0.1, 0.15) is 17.4 Å². The largest absolute Gasteiger partial charge is 0.382 e. The number of carbonyl (C=O) groups is 1. The van der Waals surface area contributed by atoms with Crippen LogP contribution in [0, 0.1) is 17.1 Å². The Morgan fingerprint density at radius 1 is 1.17 bits per heavy atom. The van der Waals surface area contributed by atoms with E-state index < -0.39 is 17.8 Å². The first-order chi connectivity index (χ1) is 11.1. The number of hydrogen-bond acceptors (Lipinski definition) is 4. The van der Waals surface area contributed by atoms with E-state index in [2.05, 4.69) is 10.6 Å². The molecule has 2 aromatic carbocycles. The van der Waals surface area contributed by atoms with Crippen LogP contribution in [0.1, 0.15) is 17.2 Å². The van der Waals surface area contributed by atoms with Crippen molar-refractivity contribution < 1.29 is 14.3 Å². The average molecular weight is 313 g/mol. The van der Waals surface area contributed by atoms with Gasteiger partial charge in [0.15, 0.2) is 6.10 Å². The first kappa shape index (κ1) is 16.5. The normalized spacial score (nSPS) is 11.3. The number of amides is 1. The van der Waals surface area contributed by atoms with E-state index in [-0.39, 0.29) is 12.1 Å². The lowest BCUT2D eigenvalue weighted by molar-refractivity contribution is -0.129. The highest BCUT2D eigenvalue weighted by atomic mass is 19.1. The Morgan fingerprint density at radius 3 is 2.61 bits per heavy atom. The number of nitrogens with one attached hydrogen (secondary N) is 2. The van der Waals surface area contributed by atoms with E-state index in [1.807, 2.05) is 0 Å². The van der Waals surface area contributed by atoms with E-state index in [0.29, 0.717) is 17.8 Å². The average Bonchev–Trinajstić information content (AvgIpc) is 2.58. The maximum atomic E-state index is 13.4. The predicted molar refractivity (Wildman–Crippen MR) is 84.0 cm³/mol. The van der Waals surface area contributed by atoms with Crippen LogP contribution in [0.4, 0.5) is 10.1 Å². The summed E-state index contributed by atoms with van der Waals surface area (Å²) in [6, 6.07) is 14.7. The zero-order valence-electron chi connectivity index (χ0n) is 12.3. The zero-order valence-corrected chi connectivity index (χ0v) is 12.3. The summed E-state index contributed by atoms with van der Waals surface area (Å²) in [4.78, 5) is 11.8. The second-order valence-corrected chi connectivity index (χ2v) is 4.81. The molecule has 23 heavy (non-hydrogen) atoms. The molecule has 0 heterocycles. The van der Waals surface area contributed by atoms with Gasteiger partial charge in [-0.1, -0.05) is 36.4 Å². The summed E-state index contributed by atoms with van der Waals surface area (Å²) in [5.74, 6) is -1.11. The molecular weight excluding hydrogens is 297 g/mol. The molecule has 0 aliphatic rings. The van der Waals surface area contributed by atoms with Crippen molar-refractivity contribution in [1.82, 2.24) is 5.32 Å². The highest BCUT2D eigenvalue weighted by Crippen LogP contribution is 2.17. The van der Waals surface area contributed by atoms with Gasteiger partial charge in [-0.15, -0.1) is 0 Å². The third-order valence-corrected chi connectivity index (χ3v) is 3.23. The number of rotatable bonds is 6. The zero-order chi connectivity index (χ0) is 16.7. The molecule has 5 nitrogen and oxygen atoms in total.